The molecule has 0 aromatic rings. The third kappa shape index (κ3) is 2.17. The van der Waals surface area contributed by atoms with Crippen molar-refractivity contribution in [3.63, 3.8) is 0 Å². The van der Waals surface area contributed by atoms with Gasteiger partial charge in [-0.25, -0.2) is 0 Å². The largest absolute Gasteiger partial charge is 0.396 e. The van der Waals surface area contributed by atoms with Crippen molar-refractivity contribution in [2.24, 2.45) is 5.92 Å². The summed E-state index contributed by atoms with van der Waals surface area (Å²) in [4.78, 5) is 5.11. The lowest BCUT2D eigenvalue weighted by atomic mass is 9.98. The molecule has 1 aliphatic heterocycles. The maximum absolute atomic E-state index is 8.95. The Labute approximate surface area is 73.0 Å². The van der Waals surface area contributed by atoms with Crippen LogP contribution in [0.4, 0.5) is 0 Å². The Morgan fingerprint density at radius 2 is 2.25 bits per heavy atom. The van der Waals surface area contributed by atoms with Crippen molar-refractivity contribution in [2.45, 2.75) is 19.1 Å². The molecule has 1 saturated heterocycles. The number of methoxy groups -OCH3 is 1. The first kappa shape index (κ1) is 9.92. The topological polar surface area (TPSA) is 41.9 Å². The molecule has 0 radical (unpaired) electrons. The quantitative estimate of drug-likeness (QED) is 0.666. The van der Waals surface area contributed by atoms with Gasteiger partial charge in [0.25, 0.3) is 0 Å². The van der Waals surface area contributed by atoms with Crippen molar-refractivity contribution >= 4 is 0 Å². The van der Waals surface area contributed by atoms with E-state index < -0.39 is 0 Å². The number of hydrogen-bond acceptors (Lipinski definition) is 4. The second-order valence-electron chi connectivity index (χ2n) is 3.09. The van der Waals surface area contributed by atoms with Crippen molar-refractivity contribution in [2.75, 3.05) is 27.4 Å². The van der Waals surface area contributed by atoms with E-state index in [1.807, 2.05) is 5.06 Å². The van der Waals surface area contributed by atoms with E-state index in [2.05, 4.69) is 0 Å². The zero-order valence-electron chi connectivity index (χ0n) is 7.69. The molecule has 1 aliphatic rings. The van der Waals surface area contributed by atoms with Crippen LogP contribution in [0.1, 0.15) is 12.8 Å². The fourth-order valence-corrected chi connectivity index (χ4v) is 1.56. The lowest BCUT2D eigenvalue weighted by molar-refractivity contribution is -0.250. The average Bonchev–Trinajstić information content (AvgIpc) is 2.16. The molecule has 0 aromatic heterocycles. The van der Waals surface area contributed by atoms with Crippen molar-refractivity contribution in [1.82, 2.24) is 5.06 Å². The highest BCUT2D eigenvalue weighted by atomic mass is 16.7. The van der Waals surface area contributed by atoms with E-state index in [4.69, 9.17) is 14.7 Å². The molecule has 1 heterocycles. The first-order chi connectivity index (χ1) is 5.81. The average molecular weight is 175 g/mol. The van der Waals surface area contributed by atoms with Gasteiger partial charge in [0.1, 0.15) is 6.23 Å². The summed E-state index contributed by atoms with van der Waals surface area (Å²) in [5.74, 6) is 0.362. The number of hydrogen-bond donors (Lipinski definition) is 1. The molecule has 0 aliphatic carbocycles. The van der Waals surface area contributed by atoms with Gasteiger partial charge in [-0.15, -0.1) is 0 Å². The Hall–Kier alpha value is -0.160. The summed E-state index contributed by atoms with van der Waals surface area (Å²) in [6.45, 7) is 1.08. The Bertz CT molecular complexity index is 131. The predicted octanol–water partition coefficient (Wildman–Crippen LogP) is 0.225. The summed E-state index contributed by atoms with van der Waals surface area (Å²) in [6.07, 6.45) is 1.83. The summed E-state index contributed by atoms with van der Waals surface area (Å²) in [5, 5.41) is 10.8. The molecule has 0 saturated carbocycles. The highest BCUT2D eigenvalue weighted by Gasteiger charge is 2.27. The number of piperidine rings is 1. The summed E-state index contributed by atoms with van der Waals surface area (Å²) in [7, 11) is 3.31. The van der Waals surface area contributed by atoms with Gasteiger partial charge in [-0.3, -0.25) is 4.84 Å². The van der Waals surface area contributed by atoms with E-state index in [-0.39, 0.29) is 12.8 Å². The number of ether oxygens (including phenoxy) is 1. The molecule has 0 bridgehead atoms. The summed E-state index contributed by atoms with van der Waals surface area (Å²) in [5.41, 5.74) is 0. The lowest BCUT2D eigenvalue weighted by Gasteiger charge is -2.35. The van der Waals surface area contributed by atoms with Gasteiger partial charge in [0.2, 0.25) is 0 Å². The van der Waals surface area contributed by atoms with Gasteiger partial charge in [0.15, 0.2) is 0 Å². The third-order valence-corrected chi connectivity index (χ3v) is 2.38. The van der Waals surface area contributed by atoms with Crippen LogP contribution >= 0.6 is 0 Å². The fraction of sp³-hybridized carbons (Fsp3) is 1.00. The number of hydroxylamine groups is 2. The molecular weight excluding hydrogens is 158 g/mol. The first-order valence-electron chi connectivity index (χ1n) is 4.26. The highest BCUT2D eigenvalue weighted by Crippen LogP contribution is 2.22. The van der Waals surface area contributed by atoms with Gasteiger partial charge in [0, 0.05) is 20.3 Å². The SMILES string of the molecule is COC1CC(CO)CCN1OC. The minimum absolute atomic E-state index is 0.000833. The van der Waals surface area contributed by atoms with E-state index in [1.165, 1.54) is 0 Å². The van der Waals surface area contributed by atoms with Gasteiger partial charge in [0.05, 0.1) is 7.11 Å². The maximum Gasteiger partial charge on any atom is 0.133 e. The van der Waals surface area contributed by atoms with Gasteiger partial charge in [-0.2, -0.15) is 5.06 Å². The molecule has 0 spiro atoms. The summed E-state index contributed by atoms with van der Waals surface area (Å²) in [6, 6.07) is 0. The van der Waals surface area contributed by atoms with Crippen LogP contribution in [0, 0.1) is 5.92 Å². The van der Waals surface area contributed by atoms with Crippen molar-refractivity contribution in [3.05, 3.63) is 0 Å². The molecule has 0 aromatic carbocycles. The van der Waals surface area contributed by atoms with Crippen LogP contribution in [0.5, 0.6) is 0 Å². The van der Waals surface area contributed by atoms with Crippen LogP contribution in [0.25, 0.3) is 0 Å². The number of nitrogens with zero attached hydrogens (tertiary/aromatic N) is 1. The first-order valence-corrected chi connectivity index (χ1v) is 4.26. The molecule has 4 nitrogen and oxygen atoms in total. The molecule has 0 amide bonds. The normalized spacial score (nSPS) is 32.2. The number of aliphatic hydroxyl groups excluding tert-OH is 1. The number of rotatable bonds is 3. The molecule has 4 heteroatoms. The second kappa shape index (κ2) is 4.77. The number of aliphatic hydroxyl groups is 1. The second-order valence-corrected chi connectivity index (χ2v) is 3.09. The van der Waals surface area contributed by atoms with Gasteiger partial charge in [-0.05, 0) is 18.8 Å². The third-order valence-electron chi connectivity index (χ3n) is 2.38. The minimum Gasteiger partial charge on any atom is -0.396 e. The Morgan fingerprint density at radius 3 is 2.75 bits per heavy atom. The van der Waals surface area contributed by atoms with Gasteiger partial charge >= 0.3 is 0 Å². The van der Waals surface area contributed by atoms with E-state index in [0.29, 0.717) is 5.92 Å². The minimum atomic E-state index is 0.000833. The zero-order chi connectivity index (χ0) is 8.97. The summed E-state index contributed by atoms with van der Waals surface area (Å²) >= 11 is 0. The summed E-state index contributed by atoms with van der Waals surface area (Å²) < 4.78 is 5.22. The molecule has 1 rings (SSSR count). The van der Waals surface area contributed by atoms with E-state index >= 15 is 0 Å². The molecule has 1 N–H and O–H groups in total. The Kier molecular flexibility index (Phi) is 3.94. The van der Waals surface area contributed by atoms with Crippen LogP contribution in [0.15, 0.2) is 0 Å². The predicted molar refractivity (Wildman–Crippen MR) is 44.3 cm³/mol. The Balaban J connectivity index is 2.41. The van der Waals surface area contributed by atoms with Crippen LogP contribution < -0.4 is 0 Å². The van der Waals surface area contributed by atoms with E-state index in [9.17, 15) is 0 Å². The fourth-order valence-electron chi connectivity index (χ4n) is 1.56. The van der Waals surface area contributed by atoms with Crippen molar-refractivity contribution < 1.29 is 14.7 Å². The standard InChI is InChI=1S/C8H17NO3/c1-11-8-5-7(6-10)3-4-9(8)12-2/h7-8,10H,3-6H2,1-2H3. The molecule has 2 unspecified atom stereocenters. The lowest BCUT2D eigenvalue weighted by Crippen LogP contribution is -2.43. The highest BCUT2D eigenvalue weighted by molar-refractivity contribution is 4.71. The van der Waals surface area contributed by atoms with E-state index in [0.717, 1.165) is 19.4 Å². The molecule has 72 valence electrons. The Morgan fingerprint density at radius 1 is 1.50 bits per heavy atom. The maximum atomic E-state index is 8.95. The van der Waals surface area contributed by atoms with Crippen molar-refractivity contribution in [3.8, 4) is 0 Å². The van der Waals surface area contributed by atoms with Crippen LogP contribution in [0.2, 0.25) is 0 Å². The van der Waals surface area contributed by atoms with Crippen LogP contribution in [-0.2, 0) is 9.57 Å². The van der Waals surface area contributed by atoms with E-state index in [1.54, 1.807) is 14.2 Å². The molecule has 2 atom stereocenters. The molecule has 1 fully saturated rings. The smallest absolute Gasteiger partial charge is 0.133 e. The van der Waals surface area contributed by atoms with Gasteiger partial charge in [-0.1, -0.05) is 0 Å². The zero-order valence-corrected chi connectivity index (χ0v) is 7.69. The van der Waals surface area contributed by atoms with Crippen LogP contribution in [-0.4, -0.2) is 43.8 Å². The molecular formula is C8H17NO3. The van der Waals surface area contributed by atoms with Crippen molar-refractivity contribution in [1.29, 1.82) is 0 Å². The monoisotopic (exact) mass is 175 g/mol. The molecule has 12 heavy (non-hydrogen) atoms. The van der Waals surface area contributed by atoms with Crippen LogP contribution in [0.3, 0.4) is 0 Å². The van der Waals surface area contributed by atoms with Gasteiger partial charge < -0.3 is 9.84 Å².